The molecule has 0 amide bonds. The van der Waals surface area contributed by atoms with Crippen LogP contribution in [0, 0.1) is 0 Å². The van der Waals surface area contributed by atoms with Crippen molar-refractivity contribution in [2.24, 2.45) is 0 Å². The largest absolute Gasteiger partial charge is 0.544 e. The second kappa shape index (κ2) is 7.48. The smallest absolute Gasteiger partial charge is 0.242 e. The zero-order valence-electron chi connectivity index (χ0n) is 15.1. The first-order chi connectivity index (χ1) is 12.3. The Hall–Kier alpha value is -2.37. The van der Waals surface area contributed by atoms with Crippen LogP contribution in [0.1, 0.15) is 0 Å². The Morgan fingerprint density at radius 1 is 0.615 bits per heavy atom. The van der Waals surface area contributed by atoms with Crippen molar-refractivity contribution in [2.45, 2.75) is 34.3 Å². The molecule has 134 valence electrons. The minimum Gasteiger partial charge on any atom is -0.544 e. The molecule has 0 aliphatic carbocycles. The average molecular weight is 384 g/mol. The Balaban J connectivity index is 2.00. The maximum absolute atomic E-state index is 9.62. The summed E-state index contributed by atoms with van der Waals surface area (Å²) in [5.41, 5.74) is 0. The summed E-state index contributed by atoms with van der Waals surface area (Å²) >= 11 is 0. The van der Waals surface area contributed by atoms with Crippen LogP contribution in [0.25, 0.3) is 0 Å². The topological polar surface area (TPSA) is 49.7 Å². The molecule has 0 aliphatic rings. The molecule has 3 nitrogen and oxygen atoms in total. The first-order valence-electron chi connectivity index (χ1n) is 8.43. The molecule has 5 heteroatoms. The Bertz CT molecular complexity index is 808. The second-order valence-corrected chi connectivity index (χ2v) is 13.4. The lowest BCUT2D eigenvalue weighted by molar-refractivity contribution is 0.474. The van der Waals surface area contributed by atoms with Crippen molar-refractivity contribution in [3.63, 3.8) is 0 Å². The van der Waals surface area contributed by atoms with E-state index in [1.807, 2.05) is 36.4 Å². The quantitative estimate of drug-likeness (QED) is 0.458. The van der Waals surface area contributed by atoms with Crippen LogP contribution < -0.4 is 4.43 Å². The van der Waals surface area contributed by atoms with Crippen LogP contribution in [0.15, 0.2) is 87.5 Å². The van der Waals surface area contributed by atoms with Gasteiger partial charge in [0.2, 0.25) is 8.32 Å². The molecule has 0 atom stereocenters. The van der Waals surface area contributed by atoms with Gasteiger partial charge < -0.3 is 14.6 Å². The van der Waals surface area contributed by atoms with E-state index in [1.54, 1.807) is 24.3 Å². The second-order valence-electron chi connectivity index (χ2n) is 6.98. The van der Waals surface area contributed by atoms with Crippen LogP contribution in [-0.2, 0) is 10.9 Å². The first-order valence-corrected chi connectivity index (χ1v) is 13.1. The third kappa shape index (κ3) is 4.62. The number of benzene rings is 3. The zero-order chi connectivity index (χ0) is 18.7. The minimum absolute atomic E-state index is 0.252. The molecule has 0 fully saturated rings. The molecule has 0 unspecified atom stereocenters. The Morgan fingerprint density at radius 2 is 0.962 bits per heavy atom. The number of phenolic OH excluding ortho intramolecular Hbond substituents is 2. The van der Waals surface area contributed by atoms with Gasteiger partial charge >= 0.3 is 0 Å². The van der Waals surface area contributed by atoms with Crippen molar-refractivity contribution in [3.8, 4) is 17.2 Å². The average Bonchev–Trinajstić information content (AvgIpc) is 2.59. The van der Waals surface area contributed by atoms with Gasteiger partial charge in [-0.2, -0.15) is 0 Å². The van der Waals surface area contributed by atoms with Crippen LogP contribution in [0.5, 0.6) is 17.2 Å². The summed E-state index contributed by atoms with van der Waals surface area (Å²) in [6, 6.07) is 22.8. The van der Waals surface area contributed by atoms with Gasteiger partial charge in [-0.25, -0.2) is 0 Å². The van der Waals surface area contributed by atoms with Gasteiger partial charge in [-0.1, -0.05) is 0 Å². The van der Waals surface area contributed by atoms with Crippen molar-refractivity contribution in [1.82, 2.24) is 0 Å². The summed E-state index contributed by atoms with van der Waals surface area (Å²) in [4.78, 5) is 3.36. The van der Waals surface area contributed by atoms with Crippen LogP contribution in [0.4, 0.5) is 0 Å². The highest BCUT2D eigenvalue weighted by molar-refractivity contribution is 7.97. The SMILES string of the molecule is C[Si](C)(C)Oc1ccc([S+](c2ccc(O)cc2)c2ccc(O)cc2)cc1. The van der Waals surface area contributed by atoms with Crippen LogP contribution in [0.2, 0.25) is 19.6 Å². The lowest BCUT2D eigenvalue weighted by Crippen LogP contribution is -2.29. The van der Waals surface area contributed by atoms with Crippen LogP contribution >= 0.6 is 0 Å². The highest BCUT2D eigenvalue weighted by atomic mass is 32.2. The number of phenols is 2. The summed E-state index contributed by atoms with van der Waals surface area (Å²) in [5, 5.41) is 19.2. The van der Waals surface area contributed by atoms with Gasteiger partial charge in [-0.3, -0.25) is 0 Å². The van der Waals surface area contributed by atoms with E-state index in [-0.39, 0.29) is 22.4 Å². The molecule has 2 N–H and O–H groups in total. The molecule has 0 radical (unpaired) electrons. The van der Waals surface area contributed by atoms with Gasteiger partial charge in [0.05, 0.1) is 10.9 Å². The summed E-state index contributed by atoms with van der Waals surface area (Å²) in [7, 11) is -1.97. The normalized spacial score (nSPS) is 11.5. The molecular weight excluding hydrogens is 360 g/mol. The Kier molecular flexibility index (Phi) is 5.30. The third-order valence-electron chi connectivity index (χ3n) is 3.63. The molecule has 3 rings (SSSR count). The van der Waals surface area contributed by atoms with E-state index < -0.39 is 8.32 Å². The van der Waals surface area contributed by atoms with E-state index in [4.69, 9.17) is 4.43 Å². The molecule has 0 aliphatic heterocycles. The van der Waals surface area contributed by atoms with Crippen molar-refractivity contribution >= 4 is 19.2 Å². The highest BCUT2D eigenvalue weighted by Crippen LogP contribution is 2.33. The summed E-state index contributed by atoms with van der Waals surface area (Å²) < 4.78 is 6.06. The summed E-state index contributed by atoms with van der Waals surface area (Å²) in [6.45, 7) is 6.50. The Morgan fingerprint density at radius 3 is 1.31 bits per heavy atom. The molecule has 0 saturated heterocycles. The van der Waals surface area contributed by atoms with E-state index in [2.05, 4.69) is 31.8 Å². The van der Waals surface area contributed by atoms with Gasteiger partial charge in [-0.05, 0) is 92.4 Å². The molecule has 3 aromatic carbocycles. The molecule has 26 heavy (non-hydrogen) atoms. The number of rotatable bonds is 5. The van der Waals surface area contributed by atoms with Crippen molar-refractivity contribution in [2.75, 3.05) is 0 Å². The molecule has 0 heterocycles. The maximum Gasteiger partial charge on any atom is 0.242 e. The summed E-state index contributed by atoms with van der Waals surface area (Å²) in [5.74, 6) is 1.40. The fourth-order valence-corrected chi connectivity index (χ4v) is 5.45. The monoisotopic (exact) mass is 383 g/mol. The van der Waals surface area contributed by atoms with Gasteiger partial charge in [0, 0.05) is 0 Å². The predicted molar refractivity (Wildman–Crippen MR) is 109 cm³/mol. The van der Waals surface area contributed by atoms with Gasteiger partial charge in [0.25, 0.3) is 0 Å². The van der Waals surface area contributed by atoms with Crippen molar-refractivity contribution in [3.05, 3.63) is 72.8 Å². The fraction of sp³-hybridized carbons (Fsp3) is 0.143. The van der Waals surface area contributed by atoms with E-state index in [0.29, 0.717) is 0 Å². The molecule has 0 saturated carbocycles. The number of aromatic hydroxyl groups is 2. The van der Waals surface area contributed by atoms with Gasteiger partial charge in [0.15, 0.2) is 14.7 Å². The van der Waals surface area contributed by atoms with Crippen LogP contribution in [0.3, 0.4) is 0 Å². The van der Waals surface area contributed by atoms with E-state index >= 15 is 0 Å². The lowest BCUT2D eigenvalue weighted by Gasteiger charge is -2.19. The predicted octanol–water partition coefficient (Wildman–Crippen LogP) is 5.41. The Labute approximate surface area is 158 Å². The molecule has 3 aromatic rings. The van der Waals surface area contributed by atoms with Crippen molar-refractivity contribution < 1.29 is 14.6 Å². The first kappa shape index (κ1) is 18.4. The number of hydrogen-bond donors (Lipinski definition) is 2. The lowest BCUT2D eigenvalue weighted by atomic mass is 10.3. The standard InChI is InChI=1S/C21H22O3SSi/c1-26(2,3)24-18-8-14-21(15-9-18)25(19-10-4-16(22)5-11-19)20-12-6-17(23)7-13-20/h4-15H,1-3H3,(H-,22,23)/p+1. The molecule has 0 aromatic heterocycles. The van der Waals surface area contributed by atoms with E-state index in [9.17, 15) is 10.2 Å². The molecule has 0 spiro atoms. The van der Waals surface area contributed by atoms with E-state index in [1.165, 1.54) is 0 Å². The van der Waals surface area contributed by atoms with Gasteiger partial charge in [0.1, 0.15) is 17.2 Å². The summed E-state index contributed by atoms with van der Waals surface area (Å²) in [6.07, 6.45) is 0. The van der Waals surface area contributed by atoms with E-state index in [0.717, 1.165) is 20.4 Å². The van der Waals surface area contributed by atoms with Crippen molar-refractivity contribution in [1.29, 1.82) is 0 Å². The van der Waals surface area contributed by atoms with Gasteiger partial charge in [-0.15, -0.1) is 0 Å². The maximum atomic E-state index is 9.62. The number of hydrogen-bond acceptors (Lipinski definition) is 3. The third-order valence-corrected chi connectivity index (χ3v) is 6.71. The molecule has 0 bridgehead atoms. The fourth-order valence-electron chi connectivity index (χ4n) is 2.57. The minimum atomic E-state index is -1.64. The molecular formula is C21H23O3SSi+. The zero-order valence-corrected chi connectivity index (χ0v) is 17.0. The highest BCUT2D eigenvalue weighted by Gasteiger charge is 2.29. The van der Waals surface area contributed by atoms with Crippen LogP contribution in [-0.4, -0.2) is 18.5 Å².